The average molecular weight is 338 g/mol. The molecule has 0 N–H and O–H groups in total. The van der Waals surface area contributed by atoms with Crippen LogP contribution in [-0.4, -0.2) is 44.6 Å². The number of aromatic nitrogens is 1. The molecule has 23 heavy (non-hydrogen) atoms. The number of amides is 1. The number of carbonyl (C=O) groups excluding carboxylic acids is 1. The van der Waals surface area contributed by atoms with E-state index < -0.39 is 16.4 Å². The SMILES string of the molecule is CC(C)(C)OC(=O)N1CCC[C@H](C[S@](=O)Cc2ccncc2)C1. The molecule has 0 saturated carbocycles. The molecule has 2 rings (SSSR count). The van der Waals surface area contributed by atoms with Gasteiger partial charge in [0.15, 0.2) is 0 Å². The summed E-state index contributed by atoms with van der Waals surface area (Å²) in [5.41, 5.74) is 0.562. The van der Waals surface area contributed by atoms with Crippen LogP contribution in [0.3, 0.4) is 0 Å². The van der Waals surface area contributed by atoms with Crippen LogP contribution in [0.5, 0.6) is 0 Å². The Hall–Kier alpha value is -1.43. The molecule has 128 valence electrons. The molecule has 0 aliphatic carbocycles. The Morgan fingerprint density at radius 2 is 2.09 bits per heavy atom. The lowest BCUT2D eigenvalue weighted by atomic mass is 10.0. The fourth-order valence-electron chi connectivity index (χ4n) is 2.68. The predicted octanol–water partition coefficient (Wildman–Crippen LogP) is 2.98. The zero-order valence-corrected chi connectivity index (χ0v) is 15.0. The van der Waals surface area contributed by atoms with Crippen molar-refractivity contribution in [2.45, 2.75) is 45.0 Å². The van der Waals surface area contributed by atoms with Crippen molar-refractivity contribution in [2.75, 3.05) is 18.8 Å². The molecule has 1 aromatic heterocycles. The van der Waals surface area contributed by atoms with E-state index in [1.54, 1.807) is 17.3 Å². The van der Waals surface area contributed by atoms with E-state index in [1.165, 1.54) is 0 Å². The van der Waals surface area contributed by atoms with Crippen molar-refractivity contribution in [1.29, 1.82) is 0 Å². The number of carbonyl (C=O) groups is 1. The number of hydrogen-bond acceptors (Lipinski definition) is 4. The number of likely N-dealkylation sites (tertiary alicyclic amines) is 1. The van der Waals surface area contributed by atoms with Gasteiger partial charge in [0.25, 0.3) is 0 Å². The Morgan fingerprint density at radius 3 is 2.74 bits per heavy atom. The highest BCUT2D eigenvalue weighted by atomic mass is 32.2. The van der Waals surface area contributed by atoms with E-state index in [0.717, 1.165) is 24.9 Å². The highest BCUT2D eigenvalue weighted by Gasteiger charge is 2.28. The molecule has 5 nitrogen and oxygen atoms in total. The number of rotatable bonds is 4. The summed E-state index contributed by atoms with van der Waals surface area (Å²) in [6, 6.07) is 3.79. The van der Waals surface area contributed by atoms with E-state index >= 15 is 0 Å². The molecule has 2 atom stereocenters. The van der Waals surface area contributed by atoms with Gasteiger partial charge in [-0.2, -0.15) is 0 Å². The van der Waals surface area contributed by atoms with Crippen molar-refractivity contribution >= 4 is 16.9 Å². The molecule has 1 aromatic rings. The van der Waals surface area contributed by atoms with Crippen LogP contribution in [0, 0.1) is 5.92 Å². The van der Waals surface area contributed by atoms with Gasteiger partial charge in [-0.1, -0.05) is 0 Å². The van der Waals surface area contributed by atoms with E-state index in [4.69, 9.17) is 4.74 Å². The largest absolute Gasteiger partial charge is 0.444 e. The van der Waals surface area contributed by atoms with Crippen molar-refractivity contribution in [2.24, 2.45) is 5.92 Å². The molecule has 1 saturated heterocycles. The monoisotopic (exact) mass is 338 g/mol. The van der Waals surface area contributed by atoms with Crippen molar-refractivity contribution in [3.05, 3.63) is 30.1 Å². The van der Waals surface area contributed by atoms with E-state index in [2.05, 4.69) is 4.98 Å². The summed E-state index contributed by atoms with van der Waals surface area (Å²) in [5.74, 6) is 1.45. The third-order valence-electron chi connectivity index (χ3n) is 3.67. The summed E-state index contributed by atoms with van der Waals surface area (Å²) in [4.78, 5) is 17.9. The molecule has 1 aliphatic heterocycles. The second-order valence-electron chi connectivity index (χ2n) is 7.04. The standard InChI is InChI=1S/C17H26N2O3S/c1-17(2,3)22-16(20)19-10-4-5-15(11-19)13-23(21)12-14-6-8-18-9-7-14/h6-9,15H,4-5,10-13H2,1-3H3/t15-,23+/m0/s1. The van der Waals surface area contributed by atoms with Gasteiger partial charge in [-0.25, -0.2) is 4.79 Å². The first-order valence-electron chi connectivity index (χ1n) is 8.05. The lowest BCUT2D eigenvalue weighted by Gasteiger charge is -2.34. The molecular formula is C17H26N2O3S. The Labute approximate surface area is 140 Å². The second kappa shape index (κ2) is 7.90. The molecule has 6 heteroatoms. The van der Waals surface area contributed by atoms with Gasteiger partial charge in [0.05, 0.1) is 0 Å². The van der Waals surface area contributed by atoms with Gasteiger partial charge in [-0.3, -0.25) is 9.19 Å². The first kappa shape index (κ1) is 17.9. The van der Waals surface area contributed by atoms with Gasteiger partial charge in [0.1, 0.15) is 5.60 Å². The second-order valence-corrected chi connectivity index (χ2v) is 8.54. The maximum Gasteiger partial charge on any atom is 0.410 e. The minimum absolute atomic E-state index is 0.262. The Bertz CT molecular complexity index is 543. The summed E-state index contributed by atoms with van der Waals surface area (Å²) in [6.07, 6.45) is 5.13. The van der Waals surface area contributed by atoms with Crippen LogP contribution in [0.25, 0.3) is 0 Å². The number of nitrogens with zero attached hydrogens (tertiary/aromatic N) is 2. The zero-order valence-electron chi connectivity index (χ0n) is 14.2. The Morgan fingerprint density at radius 1 is 1.39 bits per heavy atom. The molecule has 0 radical (unpaired) electrons. The molecule has 0 aromatic carbocycles. The molecule has 1 aliphatic rings. The average Bonchev–Trinajstić information content (AvgIpc) is 2.46. The maximum absolute atomic E-state index is 12.3. The first-order chi connectivity index (χ1) is 10.8. The number of pyridine rings is 1. The van der Waals surface area contributed by atoms with Crippen LogP contribution < -0.4 is 0 Å². The predicted molar refractivity (Wildman–Crippen MR) is 91.5 cm³/mol. The van der Waals surface area contributed by atoms with E-state index in [9.17, 15) is 9.00 Å². The lowest BCUT2D eigenvalue weighted by molar-refractivity contribution is 0.0176. The summed E-state index contributed by atoms with van der Waals surface area (Å²) in [7, 11) is -0.922. The summed E-state index contributed by atoms with van der Waals surface area (Å²) in [5, 5.41) is 0. The molecular weight excluding hydrogens is 312 g/mol. The number of ether oxygens (including phenoxy) is 1. The Kier molecular flexibility index (Phi) is 6.16. The number of hydrogen-bond donors (Lipinski definition) is 0. The van der Waals surface area contributed by atoms with Crippen LogP contribution >= 0.6 is 0 Å². The summed E-state index contributed by atoms with van der Waals surface area (Å²) >= 11 is 0. The molecule has 1 amide bonds. The smallest absolute Gasteiger partial charge is 0.410 e. The van der Waals surface area contributed by atoms with Crippen molar-refractivity contribution in [3.63, 3.8) is 0 Å². The fourth-order valence-corrected chi connectivity index (χ4v) is 4.16. The van der Waals surface area contributed by atoms with E-state index in [1.807, 2.05) is 32.9 Å². The van der Waals surface area contributed by atoms with Crippen LogP contribution in [0.15, 0.2) is 24.5 Å². The van der Waals surface area contributed by atoms with Crippen molar-refractivity contribution in [1.82, 2.24) is 9.88 Å². The highest BCUT2D eigenvalue weighted by molar-refractivity contribution is 7.84. The van der Waals surface area contributed by atoms with Crippen molar-refractivity contribution in [3.8, 4) is 0 Å². The summed E-state index contributed by atoms with van der Waals surface area (Å²) in [6.45, 7) is 6.97. The quantitative estimate of drug-likeness (QED) is 0.847. The topological polar surface area (TPSA) is 59.5 Å². The van der Waals surface area contributed by atoms with Crippen LogP contribution in [-0.2, 0) is 21.3 Å². The van der Waals surface area contributed by atoms with E-state index in [0.29, 0.717) is 18.1 Å². The summed E-state index contributed by atoms with van der Waals surface area (Å²) < 4.78 is 17.8. The van der Waals surface area contributed by atoms with Crippen LogP contribution in [0.4, 0.5) is 4.79 Å². The zero-order chi connectivity index (χ0) is 16.9. The molecule has 2 heterocycles. The molecule has 0 unspecified atom stereocenters. The van der Waals surface area contributed by atoms with E-state index in [-0.39, 0.29) is 12.0 Å². The van der Waals surface area contributed by atoms with Gasteiger partial charge in [0.2, 0.25) is 0 Å². The molecule has 0 spiro atoms. The highest BCUT2D eigenvalue weighted by Crippen LogP contribution is 2.20. The third kappa shape index (κ3) is 6.29. The minimum atomic E-state index is -0.922. The normalized spacial score (nSPS) is 20.1. The van der Waals surface area contributed by atoms with Gasteiger partial charge in [-0.05, 0) is 57.2 Å². The van der Waals surface area contributed by atoms with Crippen LogP contribution in [0.2, 0.25) is 0 Å². The fraction of sp³-hybridized carbons (Fsp3) is 0.647. The lowest BCUT2D eigenvalue weighted by Crippen LogP contribution is -2.44. The van der Waals surface area contributed by atoms with Gasteiger partial charge in [-0.15, -0.1) is 0 Å². The third-order valence-corrected chi connectivity index (χ3v) is 5.17. The Balaban J connectivity index is 1.84. The van der Waals surface area contributed by atoms with Crippen molar-refractivity contribution < 1.29 is 13.7 Å². The first-order valence-corrected chi connectivity index (χ1v) is 9.54. The maximum atomic E-state index is 12.3. The molecule has 1 fully saturated rings. The van der Waals surface area contributed by atoms with Gasteiger partial charge in [0, 0.05) is 47.8 Å². The number of piperidine rings is 1. The van der Waals surface area contributed by atoms with Gasteiger partial charge < -0.3 is 9.64 Å². The minimum Gasteiger partial charge on any atom is -0.444 e. The molecule has 0 bridgehead atoms. The van der Waals surface area contributed by atoms with Crippen LogP contribution in [0.1, 0.15) is 39.2 Å². The van der Waals surface area contributed by atoms with Gasteiger partial charge >= 0.3 is 6.09 Å².